The van der Waals surface area contributed by atoms with Crippen LogP contribution in [-0.4, -0.2) is 36.3 Å². The van der Waals surface area contributed by atoms with Crippen LogP contribution in [0.4, 0.5) is 4.39 Å². The van der Waals surface area contributed by atoms with Crippen molar-refractivity contribution in [2.24, 2.45) is 0 Å². The Morgan fingerprint density at radius 1 is 1.08 bits per heavy atom. The third kappa shape index (κ3) is 4.35. The van der Waals surface area contributed by atoms with Gasteiger partial charge in [0.15, 0.2) is 5.78 Å². The maximum Gasteiger partial charge on any atom is 0.337 e. The van der Waals surface area contributed by atoms with Gasteiger partial charge in [-0.3, -0.25) is 9.69 Å². The summed E-state index contributed by atoms with van der Waals surface area (Å²) in [4.78, 5) is 26.3. The molecule has 0 aliphatic carbocycles. The van der Waals surface area contributed by atoms with Crippen molar-refractivity contribution in [3.63, 3.8) is 0 Å². The van der Waals surface area contributed by atoms with Crippen molar-refractivity contribution in [2.45, 2.75) is 31.8 Å². The number of nitrogens with zero attached hydrogens (tertiary/aromatic N) is 1. The van der Waals surface area contributed by atoms with Crippen LogP contribution in [0.15, 0.2) is 48.5 Å². The fourth-order valence-corrected chi connectivity index (χ4v) is 3.40. The largest absolute Gasteiger partial charge is 0.465 e. The molecule has 3 rings (SSSR count). The highest BCUT2D eigenvalue weighted by molar-refractivity contribution is 5.96. The van der Waals surface area contributed by atoms with Gasteiger partial charge in [0.25, 0.3) is 0 Å². The Bertz CT molecular complexity index is 771. The summed E-state index contributed by atoms with van der Waals surface area (Å²) in [6, 6.07) is 13.3. The van der Waals surface area contributed by atoms with E-state index in [1.807, 2.05) is 12.1 Å². The van der Waals surface area contributed by atoms with Crippen LogP contribution >= 0.6 is 0 Å². The summed E-state index contributed by atoms with van der Waals surface area (Å²) in [7, 11) is 1.36. The van der Waals surface area contributed by atoms with Crippen LogP contribution in [0.3, 0.4) is 0 Å². The second kappa shape index (κ2) is 8.23. The van der Waals surface area contributed by atoms with Crippen molar-refractivity contribution in [1.29, 1.82) is 0 Å². The predicted molar refractivity (Wildman–Crippen MR) is 96.6 cm³/mol. The second-order valence-electron chi connectivity index (χ2n) is 6.59. The molecule has 1 heterocycles. The van der Waals surface area contributed by atoms with Crippen LogP contribution < -0.4 is 0 Å². The number of ether oxygens (including phenoxy) is 1. The van der Waals surface area contributed by atoms with E-state index in [9.17, 15) is 14.0 Å². The lowest BCUT2D eigenvalue weighted by Crippen LogP contribution is -2.31. The van der Waals surface area contributed by atoms with Crippen LogP contribution in [0, 0.1) is 5.82 Å². The number of Topliss-reactive ketones (excluding diaryl/α,β-unsaturated/α-hetero) is 1. The van der Waals surface area contributed by atoms with Gasteiger partial charge in [0.05, 0.1) is 12.7 Å². The molecule has 0 bridgehead atoms. The molecule has 1 fully saturated rings. The van der Waals surface area contributed by atoms with Gasteiger partial charge in [0, 0.05) is 24.6 Å². The Labute approximate surface area is 152 Å². The molecule has 2 aromatic carbocycles. The highest BCUT2D eigenvalue weighted by Crippen LogP contribution is 2.24. The summed E-state index contributed by atoms with van der Waals surface area (Å²) in [5.41, 5.74) is 2.18. The summed E-state index contributed by atoms with van der Waals surface area (Å²) in [5, 5.41) is 0. The van der Waals surface area contributed by atoms with Gasteiger partial charge in [0.1, 0.15) is 5.82 Å². The molecule has 1 unspecified atom stereocenters. The first-order valence-corrected chi connectivity index (χ1v) is 8.77. The molecule has 1 atom stereocenters. The quantitative estimate of drug-likeness (QED) is 0.583. The van der Waals surface area contributed by atoms with Crippen molar-refractivity contribution < 1.29 is 18.7 Å². The van der Waals surface area contributed by atoms with Gasteiger partial charge in [-0.1, -0.05) is 12.1 Å². The van der Waals surface area contributed by atoms with Crippen molar-refractivity contribution in [1.82, 2.24) is 4.90 Å². The fraction of sp³-hybridized carbons (Fsp3) is 0.333. The highest BCUT2D eigenvalue weighted by atomic mass is 19.1. The van der Waals surface area contributed by atoms with Gasteiger partial charge >= 0.3 is 5.97 Å². The molecule has 0 aromatic heterocycles. The lowest BCUT2D eigenvalue weighted by atomic mass is 10.0. The lowest BCUT2D eigenvalue weighted by molar-refractivity contribution is 0.0600. The van der Waals surface area contributed by atoms with Gasteiger partial charge in [-0.25, -0.2) is 9.18 Å². The van der Waals surface area contributed by atoms with Crippen LogP contribution in [0.2, 0.25) is 0 Å². The number of methoxy groups -OCH3 is 1. The number of rotatable bonds is 6. The molecule has 5 heteroatoms. The predicted octanol–water partition coefficient (Wildman–Crippen LogP) is 3.85. The van der Waals surface area contributed by atoms with Crippen LogP contribution in [0.5, 0.6) is 0 Å². The monoisotopic (exact) mass is 355 g/mol. The van der Waals surface area contributed by atoms with E-state index in [4.69, 9.17) is 4.74 Å². The molecule has 1 aliphatic heterocycles. The molecule has 2 aromatic rings. The average Bonchev–Trinajstić information content (AvgIpc) is 3.09. The third-order valence-electron chi connectivity index (χ3n) is 4.85. The molecule has 0 spiro atoms. The zero-order valence-corrected chi connectivity index (χ0v) is 14.8. The fourth-order valence-electron chi connectivity index (χ4n) is 3.40. The number of halogens is 1. The van der Waals surface area contributed by atoms with Gasteiger partial charge in [-0.05, 0) is 61.3 Å². The molecule has 0 N–H and O–H groups in total. The summed E-state index contributed by atoms with van der Waals surface area (Å²) < 4.78 is 17.7. The maximum absolute atomic E-state index is 13.0. The number of ketones is 1. The van der Waals surface area contributed by atoms with Crippen molar-refractivity contribution in [3.8, 4) is 0 Å². The molecule has 1 saturated heterocycles. The minimum absolute atomic E-state index is 0.0444. The first-order valence-electron chi connectivity index (χ1n) is 8.77. The van der Waals surface area contributed by atoms with E-state index in [1.54, 1.807) is 24.3 Å². The van der Waals surface area contributed by atoms with Gasteiger partial charge < -0.3 is 4.74 Å². The minimum Gasteiger partial charge on any atom is -0.465 e. The smallest absolute Gasteiger partial charge is 0.337 e. The van der Waals surface area contributed by atoms with E-state index in [0.29, 0.717) is 17.5 Å². The minimum atomic E-state index is -0.347. The van der Waals surface area contributed by atoms with E-state index in [2.05, 4.69) is 4.90 Å². The van der Waals surface area contributed by atoms with E-state index >= 15 is 0 Å². The summed E-state index contributed by atoms with van der Waals surface area (Å²) in [6.07, 6.45) is 2.47. The van der Waals surface area contributed by atoms with Gasteiger partial charge in [0.2, 0.25) is 0 Å². The van der Waals surface area contributed by atoms with Crippen LogP contribution in [0.25, 0.3) is 0 Å². The zero-order chi connectivity index (χ0) is 18.5. The third-order valence-corrected chi connectivity index (χ3v) is 4.85. The summed E-state index contributed by atoms with van der Waals surface area (Å²) in [6.45, 7) is 1.68. The Hall–Kier alpha value is -2.53. The van der Waals surface area contributed by atoms with Crippen molar-refractivity contribution in [2.75, 3.05) is 13.7 Å². The standard InChI is InChI=1S/C21H22FNO3/c1-26-21(25)17-6-4-15(5-7-17)14-23-12-2-3-19(23)13-20(24)16-8-10-18(22)11-9-16/h4-11,19H,2-3,12-14H2,1H3. The van der Waals surface area contributed by atoms with Crippen molar-refractivity contribution in [3.05, 3.63) is 71.0 Å². The van der Waals surface area contributed by atoms with Gasteiger partial charge in [-0.15, -0.1) is 0 Å². The number of esters is 1. The van der Waals surface area contributed by atoms with Crippen LogP contribution in [-0.2, 0) is 11.3 Å². The average molecular weight is 355 g/mol. The first kappa shape index (κ1) is 18.3. The zero-order valence-electron chi connectivity index (χ0n) is 14.8. The number of carbonyl (C=O) groups excluding carboxylic acids is 2. The molecule has 0 amide bonds. The molecule has 0 saturated carbocycles. The topological polar surface area (TPSA) is 46.6 Å². The number of hydrogen-bond donors (Lipinski definition) is 0. The number of likely N-dealkylation sites (tertiary alicyclic amines) is 1. The number of hydrogen-bond acceptors (Lipinski definition) is 4. The highest BCUT2D eigenvalue weighted by Gasteiger charge is 2.27. The van der Waals surface area contributed by atoms with Gasteiger partial charge in [-0.2, -0.15) is 0 Å². The molecule has 4 nitrogen and oxygen atoms in total. The maximum atomic E-state index is 13.0. The van der Waals surface area contributed by atoms with Crippen molar-refractivity contribution >= 4 is 11.8 Å². The molecule has 136 valence electrons. The van der Waals surface area contributed by atoms with E-state index in [-0.39, 0.29) is 23.6 Å². The molecular formula is C21H22FNO3. The number of carbonyl (C=O) groups is 2. The lowest BCUT2D eigenvalue weighted by Gasteiger charge is -2.24. The molecule has 26 heavy (non-hydrogen) atoms. The summed E-state index contributed by atoms with van der Waals surface area (Å²) in [5.74, 6) is -0.636. The first-order chi connectivity index (χ1) is 12.6. The number of benzene rings is 2. The van der Waals surface area contributed by atoms with E-state index < -0.39 is 0 Å². The normalized spacial score (nSPS) is 17.2. The molecule has 1 aliphatic rings. The Kier molecular flexibility index (Phi) is 5.78. The Balaban J connectivity index is 1.62. The Morgan fingerprint density at radius 2 is 1.73 bits per heavy atom. The SMILES string of the molecule is COC(=O)c1ccc(CN2CCCC2CC(=O)c2ccc(F)cc2)cc1. The molecule has 0 radical (unpaired) electrons. The second-order valence-corrected chi connectivity index (χ2v) is 6.59. The Morgan fingerprint density at radius 3 is 2.38 bits per heavy atom. The van der Waals surface area contributed by atoms with E-state index in [1.165, 1.54) is 19.2 Å². The van der Waals surface area contributed by atoms with Crippen LogP contribution in [0.1, 0.15) is 45.5 Å². The van der Waals surface area contributed by atoms with E-state index in [0.717, 1.165) is 31.5 Å². The molecular weight excluding hydrogens is 333 g/mol. The summed E-state index contributed by atoms with van der Waals surface area (Å²) >= 11 is 0.